The van der Waals surface area contributed by atoms with E-state index >= 15 is 0 Å². The van der Waals surface area contributed by atoms with Gasteiger partial charge in [-0.3, -0.25) is 0 Å². The van der Waals surface area contributed by atoms with Gasteiger partial charge in [0.1, 0.15) is 0 Å². The van der Waals surface area contributed by atoms with E-state index in [2.05, 4.69) is 50.4 Å². The lowest BCUT2D eigenvalue weighted by atomic mass is 10.0. The molecule has 1 saturated heterocycles. The van der Waals surface area contributed by atoms with Crippen LogP contribution in [0.5, 0.6) is 0 Å². The first-order valence-electron chi connectivity index (χ1n) is 7.04. The zero-order chi connectivity index (χ0) is 12.4. The number of nitrogens with one attached hydrogen (secondary N) is 1. The minimum absolute atomic E-state index is 0.654. The summed E-state index contributed by atoms with van der Waals surface area (Å²) in [4.78, 5) is 2.65. The fraction of sp³-hybridized carbons (Fsp3) is 0.600. The Morgan fingerprint density at radius 3 is 2.33 bits per heavy atom. The zero-order valence-electron chi connectivity index (χ0n) is 10.7. The molecule has 3 rings (SSSR count). The standard InChI is InChI=1S/C15H21BrN2/c16-13-3-5-14(6-4-13)17-15-7-9-18(10-8-15)11-12-1-2-12/h3-6,12,15,17H,1-2,7-11H2. The molecule has 1 aromatic carbocycles. The number of likely N-dealkylation sites (tertiary alicyclic amines) is 1. The minimum Gasteiger partial charge on any atom is -0.382 e. The molecule has 1 aromatic rings. The van der Waals surface area contributed by atoms with Gasteiger partial charge in [0, 0.05) is 35.8 Å². The lowest BCUT2D eigenvalue weighted by molar-refractivity contribution is 0.211. The Kier molecular flexibility index (Phi) is 3.90. The number of anilines is 1. The van der Waals surface area contributed by atoms with Crippen LogP contribution in [-0.2, 0) is 0 Å². The molecule has 1 aliphatic carbocycles. The lowest BCUT2D eigenvalue weighted by Gasteiger charge is -2.32. The van der Waals surface area contributed by atoms with Crippen molar-refractivity contribution in [1.82, 2.24) is 4.90 Å². The number of halogens is 1. The average molecular weight is 309 g/mol. The van der Waals surface area contributed by atoms with E-state index in [1.54, 1.807) is 0 Å². The number of rotatable bonds is 4. The van der Waals surface area contributed by atoms with Crippen LogP contribution in [0.2, 0.25) is 0 Å². The van der Waals surface area contributed by atoms with Gasteiger partial charge >= 0.3 is 0 Å². The summed E-state index contributed by atoms with van der Waals surface area (Å²) >= 11 is 3.47. The molecule has 2 aliphatic rings. The van der Waals surface area contributed by atoms with Crippen LogP contribution < -0.4 is 5.32 Å². The third-order valence-electron chi connectivity index (χ3n) is 4.02. The minimum atomic E-state index is 0.654. The predicted molar refractivity (Wildman–Crippen MR) is 80.0 cm³/mol. The SMILES string of the molecule is Brc1ccc(NC2CCN(CC3CC3)CC2)cc1. The third kappa shape index (κ3) is 3.48. The molecule has 0 aromatic heterocycles. The van der Waals surface area contributed by atoms with Crippen LogP contribution in [0.25, 0.3) is 0 Å². The van der Waals surface area contributed by atoms with E-state index in [-0.39, 0.29) is 0 Å². The molecule has 1 heterocycles. The van der Waals surface area contributed by atoms with Gasteiger partial charge in [0.15, 0.2) is 0 Å². The Morgan fingerprint density at radius 2 is 1.72 bits per heavy atom. The summed E-state index contributed by atoms with van der Waals surface area (Å²) in [5, 5.41) is 3.65. The summed E-state index contributed by atoms with van der Waals surface area (Å²) in [7, 11) is 0. The number of hydrogen-bond acceptors (Lipinski definition) is 2. The maximum atomic E-state index is 3.65. The maximum absolute atomic E-state index is 3.65. The highest BCUT2D eigenvalue weighted by atomic mass is 79.9. The van der Waals surface area contributed by atoms with Gasteiger partial charge in [0.25, 0.3) is 0 Å². The molecule has 0 bridgehead atoms. The maximum Gasteiger partial charge on any atom is 0.0343 e. The number of piperidine rings is 1. The molecule has 18 heavy (non-hydrogen) atoms. The summed E-state index contributed by atoms with van der Waals surface area (Å²) in [6.07, 6.45) is 5.50. The van der Waals surface area contributed by atoms with Gasteiger partial charge in [0.2, 0.25) is 0 Å². The predicted octanol–water partition coefficient (Wildman–Crippen LogP) is 3.74. The highest BCUT2D eigenvalue weighted by Crippen LogP contribution is 2.30. The normalized spacial score (nSPS) is 22.1. The molecule has 98 valence electrons. The first-order chi connectivity index (χ1) is 8.79. The molecule has 2 nitrogen and oxygen atoms in total. The summed E-state index contributed by atoms with van der Waals surface area (Å²) in [6, 6.07) is 9.16. The summed E-state index contributed by atoms with van der Waals surface area (Å²) in [5.74, 6) is 1.03. The molecule has 1 aliphatic heterocycles. The van der Waals surface area contributed by atoms with E-state index < -0.39 is 0 Å². The Balaban J connectivity index is 1.45. The van der Waals surface area contributed by atoms with E-state index in [0.717, 1.165) is 10.4 Å². The summed E-state index contributed by atoms with van der Waals surface area (Å²) < 4.78 is 1.15. The molecular formula is C15H21BrN2. The van der Waals surface area contributed by atoms with Crippen LogP contribution in [0.1, 0.15) is 25.7 Å². The van der Waals surface area contributed by atoms with E-state index in [1.165, 1.54) is 51.0 Å². The monoisotopic (exact) mass is 308 g/mol. The molecule has 0 spiro atoms. The average Bonchev–Trinajstić information content (AvgIpc) is 3.19. The summed E-state index contributed by atoms with van der Waals surface area (Å²) in [5.41, 5.74) is 1.25. The van der Waals surface area contributed by atoms with Crippen molar-refractivity contribution in [2.24, 2.45) is 5.92 Å². The smallest absolute Gasteiger partial charge is 0.0343 e. The zero-order valence-corrected chi connectivity index (χ0v) is 12.3. The van der Waals surface area contributed by atoms with Crippen molar-refractivity contribution in [3.63, 3.8) is 0 Å². The van der Waals surface area contributed by atoms with Crippen molar-refractivity contribution >= 4 is 21.6 Å². The molecule has 0 radical (unpaired) electrons. The van der Waals surface area contributed by atoms with E-state index in [1.807, 2.05) is 0 Å². The van der Waals surface area contributed by atoms with Gasteiger partial charge in [0.05, 0.1) is 0 Å². The fourth-order valence-corrected chi connectivity index (χ4v) is 2.97. The van der Waals surface area contributed by atoms with Crippen molar-refractivity contribution in [2.75, 3.05) is 25.0 Å². The second kappa shape index (κ2) is 5.62. The van der Waals surface area contributed by atoms with Crippen molar-refractivity contribution in [2.45, 2.75) is 31.7 Å². The molecule has 1 N–H and O–H groups in total. The summed E-state index contributed by atoms with van der Waals surface area (Å²) in [6.45, 7) is 3.89. The largest absolute Gasteiger partial charge is 0.382 e. The molecule has 0 amide bonds. The van der Waals surface area contributed by atoms with Crippen molar-refractivity contribution < 1.29 is 0 Å². The van der Waals surface area contributed by atoms with Crippen LogP contribution in [0, 0.1) is 5.92 Å². The van der Waals surface area contributed by atoms with Crippen LogP contribution in [-0.4, -0.2) is 30.6 Å². The molecule has 1 saturated carbocycles. The van der Waals surface area contributed by atoms with E-state index in [0.29, 0.717) is 6.04 Å². The van der Waals surface area contributed by atoms with Gasteiger partial charge in [-0.1, -0.05) is 15.9 Å². The highest BCUT2D eigenvalue weighted by molar-refractivity contribution is 9.10. The van der Waals surface area contributed by atoms with Crippen molar-refractivity contribution in [3.8, 4) is 0 Å². The van der Waals surface area contributed by atoms with Gasteiger partial charge in [-0.05, 0) is 55.9 Å². The molecule has 3 heteroatoms. The lowest BCUT2D eigenvalue weighted by Crippen LogP contribution is -2.39. The van der Waals surface area contributed by atoms with Crippen LogP contribution in [0.15, 0.2) is 28.7 Å². The first-order valence-corrected chi connectivity index (χ1v) is 7.83. The highest BCUT2D eigenvalue weighted by Gasteiger charge is 2.26. The Labute approximate surface area is 118 Å². The van der Waals surface area contributed by atoms with Gasteiger partial charge in [-0.2, -0.15) is 0 Å². The molecule has 2 fully saturated rings. The van der Waals surface area contributed by atoms with E-state index in [4.69, 9.17) is 0 Å². The van der Waals surface area contributed by atoms with Crippen LogP contribution in [0.3, 0.4) is 0 Å². The third-order valence-corrected chi connectivity index (χ3v) is 4.54. The fourth-order valence-electron chi connectivity index (χ4n) is 2.71. The van der Waals surface area contributed by atoms with Gasteiger partial charge < -0.3 is 10.2 Å². The number of nitrogens with zero attached hydrogens (tertiary/aromatic N) is 1. The topological polar surface area (TPSA) is 15.3 Å². The second-order valence-electron chi connectivity index (χ2n) is 5.67. The Bertz CT molecular complexity index is 378. The van der Waals surface area contributed by atoms with Gasteiger partial charge in [-0.25, -0.2) is 0 Å². The van der Waals surface area contributed by atoms with Crippen LogP contribution in [0.4, 0.5) is 5.69 Å². The first kappa shape index (κ1) is 12.5. The van der Waals surface area contributed by atoms with E-state index in [9.17, 15) is 0 Å². The Morgan fingerprint density at radius 1 is 1.06 bits per heavy atom. The molecular weight excluding hydrogens is 288 g/mol. The Hall–Kier alpha value is -0.540. The van der Waals surface area contributed by atoms with Crippen molar-refractivity contribution in [1.29, 1.82) is 0 Å². The number of hydrogen-bond donors (Lipinski definition) is 1. The molecule has 0 unspecified atom stereocenters. The molecule has 0 atom stereocenters. The van der Waals surface area contributed by atoms with Gasteiger partial charge in [-0.15, -0.1) is 0 Å². The second-order valence-corrected chi connectivity index (χ2v) is 6.59. The van der Waals surface area contributed by atoms with Crippen molar-refractivity contribution in [3.05, 3.63) is 28.7 Å². The quantitative estimate of drug-likeness (QED) is 0.911. The number of benzene rings is 1. The van der Waals surface area contributed by atoms with Crippen LogP contribution >= 0.6 is 15.9 Å².